The molecule has 1 N–H and O–H groups in total. The fourth-order valence-corrected chi connectivity index (χ4v) is 2.65. The molecule has 0 saturated carbocycles. The number of nitriles is 1. The summed E-state index contributed by atoms with van der Waals surface area (Å²) in [7, 11) is 0.803. The number of nitrogens with zero attached hydrogens (tertiary/aromatic N) is 3. The second-order valence-corrected chi connectivity index (χ2v) is 6.51. The lowest BCUT2D eigenvalue weighted by molar-refractivity contribution is -0.114. The van der Waals surface area contributed by atoms with Crippen LogP contribution in [0.5, 0.6) is 5.75 Å². The minimum absolute atomic E-state index is 0.143. The van der Waals surface area contributed by atoms with Crippen LogP contribution in [0.2, 0.25) is 0 Å². The number of halogens is 1. The van der Waals surface area contributed by atoms with Gasteiger partial charge < -0.3 is 15.0 Å². The summed E-state index contributed by atoms with van der Waals surface area (Å²) in [5.74, 6) is -3.32. The topological polar surface area (TPSA) is 78.2 Å². The molecule has 0 spiro atoms. The van der Waals surface area contributed by atoms with Gasteiger partial charge in [0.2, 0.25) is 0 Å². The molecule has 170 valence electrons. The molecule has 0 fully saturated rings. The van der Waals surface area contributed by atoms with E-state index in [0.717, 1.165) is 20.9 Å². The average Bonchev–Trinajstić information content (AvgIpc) is 2.98. The fraction of sp³-hybridized carbons (Fsp3) is 0.269. The van der Waals surface area contributed by atoms with Crippen molar-refractivity contribution in [2.45, 2.75) is 20.3 Å². The molecule has 7 heteroatoms. The normalized spacial score (nSPS) is 19.6. The molecule has 0 atom stereocenters. The highest BCUT2D eigenvalue weighted by Crippen LogP contribution is 2.34. The third kappa shape index (κ3) is 5.93. The molecule has 6 nitrogen and oxygen atoms in total. The highest BCUT2D eigenvalue weighted by Gasteiger charge is 2.16. The Kier molecular flexibility index (Phi) is 3.54. The van der Waals surface area contributed by atoms with Crippen molar-refractivity contribution >= 4 is 28.1 Å². The van der Waals surface area contributed by atoms with Gasteiger partial charge in [-0.2, -0.15) is 5.26 Å². The number of nitrogens with one attached hydrogen (secondary N) is 1. The Morgan fingerprint density at radius 1 is 1.48 bits per heavy atom. The smallest absolute Gasteiger partial charge is 0.159 e. The van der Waals surface area contributed by atoms with E-state index in [-0.39, 0.29) is 10.5 Å². The molecule has 3 aromatic rings. The van der Waals surface area contributed by atoms with E-state index in [1.54, 1.807) is 6.07 Å². The molecule has 1 aromatic heterocycles. The van der Waals surface area contributed by atoms with Crippen molar-refractivity contribution in [1.82, 2.24) is 9.88 Å². The number of aromatic nitrogens is 1. The van der Waals surface area contributed by atoms with E-state index in [1.165, 1.54) is 0 Å². The summed E-state index contributed by atoms with van der Waals surface area (Å²) < 4.78 is 141. The molecule has 0 aliphatic carbocycles. The van der Waals surface area contributed by atoms with Crippen LogP contribution in [0.3, 0.4) is 0 Å². The number of ether oxygens (including phenoxy) is 1. The first-order valence-electron chi connectivity index (χ1n) is 16.8. The van der Waals surface area contributed by atoms with Crippen LogP contribution in [0.25, 0.3) is 10.9 Å². The number of allylic oxidation sites excluding steroid dienone is 1. The first kappa shape index (κ1) is 10.9. The maximum atomic E-state index is 14.4. The Bertz CT molecular complexity index is 1890. The van der Waals surface area contributed by atoms with E-state index in [2.05, 4.69) is 10.3 Å². The fourth-order valence-electron chi connectivity index (χ4n) is 2.65. The molecule has 0 amide bonds. The minimum Gasteiger partial charge on any atom is -0.494 e. The molecular weight excluding hydrogens is 419 g/mol. The molecule has 0 radical (unpaired) electrons. The van der Waals surface area contributed by atoms with Gasteiger partial charge in [-0.3, -0.25) is 9.78 Å². The van der Waals surface area contributed by atoms with Gasteiger partial charge in [-0.25, -0.2) is 4.39 Å². The molecule has 0 unspecified atom stereocenters. The van der Waals surface area contributed by atoms with Crippen LogP contribution in [0.4, 0.5) is 15.8 Å². The van der Waals surface area contributed by atoms with Crippen LogP contribution >= 0.6 is 0 Å². The highest BCUT2D eigenvalue weighted by molar-refractivity contribution is 5.98. The molecule has 2 aromatic carbocycles. The Morgan fingerprint density at radius 3 is 3.03 bits per heavy atom. The van der Waals surface area contributed by atoms with Gasteiger partial charge in [-0.15, -0.1) is 0 Å². The number of hydrogen-bond donors (Lipinski definition) is 1. The number of pyridine rings is 1. The van der Waals surface area contributed by atoms with Crippen LogP contribution in [-0.2, 0) is 11.2 Å². The first-order valence-corrected chi connectivity index (χ1v) is 9.32. The zero-order chi connectivity index (χ0) is 37.0. The lowest BCUT2D eigenvalue weighted by Crippen LogP contribution is -2.11. The summed E-state index contributed by atoms with van der Waals surface area (Å²) in [6.07, 6.45) is -1.90. The van der Waals surface area contributed by atoms with Crippen molar-refractivity contribution in [2.24, 2.45) is 0 Å². The standard InChI is InChI=1S/C26H27FN4O2/c1-5-33-25-14-24-22(13-18(25)12-21(32)7-6-10-31(3)4)26(19(15-28)16-29-24)30-20-8-9-23(27)17(2)11-20/h6-9,11,13-14,16H,5,10,12H2,1-4H3,(H,29,30)/b7-6+/i3D3,5D2,6D,7D,8D,9D,10D2,11D,13D,14D,16D. The zero-order valence-corrected chi connectivity index (χ0v) is 17.7. The lowest BCUT2D eigenvalue weighted by atomic mass is 10.0. The van der Waals surface area contributed by atoms with Gasteiger partial charge in [0.05, 0.1) is 37.0 Å². The lowest BCUT2D eigenvalue weighted by Gasteiger charge is -2.15. The van der Waals surface area contributed by atoms with Gasteiger partial charge in [0.15, 0.2) is 5.78 Å². The number of hydrogen-bond acceptors (Lipinski definition) is 6. The number of ketones is 1. The summed E-state index contributed by atoms with van der Waals surface area (Å²) in [6.45, 7) is -6.74. The third-order valence-electron chi connectivity index (χ3n) is 4.07. The Balaban J connectivity index is 2.43. The van der Waals surface area contributed by atoms with E-state index in [9.17, 15) is 14.4 Å². The number of carbonyl (C=O) groups excluding carboxylic acids is 1. The van der Waals surface area contributed by atoms with Crippen LogP contribution < -0.4 is 10.1 Å². The number of fused-ring (bicyclic) bond motifs is 1. The van der Waals surface area contributed by atoms with Gasteiger partial charge in [-0.1, -0.05) is 6.05 Å². The quantitative estimate of drug-likeness (QED) is 0.456. The van der Waals surface area contributed by atoms with Crippen molar-refractivity contribution in [1.29, 1.82) is 5.26 Å². The number of rotatable bonds is 9. The molecule has 0 bridgehead atoms. The van der Waals surface area contributed by atoms with Crippen molar-refractivity contribution in [3.63, 3.8) is 0 Å². The van der Waals surface area contributed by atoms with E-state index < -0.39 is 126 Å². The average molecular weight is 462 g/mol. The molecule has 0 aliphatic heterocycles. The zero-order valence-electron chi connectivity index (χ0n) is 32.7. The molecule has 3 rings (SSSR count). The number of carbonyl (C=O) groups is 1. The Morgan fingerprint density at radius 2 is 2.30 bits per heavy atom. The second-order valence-electron chi connectivity index (χ2n) is 6.51. The van der Waals surface area contributed by atoms with E-state index in [0.29, 0.717) is 0 Å². The van der Waals surface area contributed by atoms with Gasteiger partial charge in [0.1, 0.15) is 17.6 Å². The van der Waals surface area contributed by atoms with E-state index >= 15 is 0 Å². The predicted octanol–water partition coefficient (Wildman–Crippen LogP) is 4.93. The van der Waals surface area contributed by atoms with Gasteiger partial charge in [0.25, 0.3) is 0 Å². The maximum absolute atomic E-state index is 14.4. The first-order chi connectivity index (χ1) is 21.8. The van der Waals surface area contributed by atoms with Gasteiger partial charge in [0, 0.05) is 48.6 Å². The Hall–Kier alpha value is -3.76. The monoisotopic (exact) mass is 461 g/mol. The number of likely N-dealkylation sites (N-methyl/N-ethyl adjacent to an activating group) is 1. The number of benzene rings is 2. The van der Waals surface area contributed by atoms with Crippen LogP contribution in [0.1, 0.15) is 44.2 Å². The van der Waals surface area contributed by atoms with Crippen LogP contribution in [-0.4, -0.2) is 42.7 Å². The third-order valence-corrected chi connectivity index (χ3v) is 4.07. The van der Waals surface area contributed by atoms with Crippen molar-refractivity contribution in [3.8, 4) is 11.8 Å². The highest BCUT2D eigenvalue weighted by atomic mass is 19.1. The summed E-state index contributed by atoms with van der Waals surface area (Å²) in [6, 6.07) is -5.01. The molecule has 0 saturated heterocycles. The van der Waals surface area contributed by atoms with Crippen molar-refractivity contribution in [2.75, 3.05) is 32.4 Å². The van der Waals surface area contributed by atoms with E-state index in [1.807, 2.05) is 0 Å². The van der Waals surface area contributed by atoms with Crippen LogP contribution in [0, 0.1) is 24.1 Å². The maximum Gasteiger partial charge on any atom is 0.159 e. The SMILES string of the molecule is [2H]/C(C(=O)Cc1c(OC([2H])([2H])C)c([2H])c2nc([2H])c(C#N)c(Nc3c([2H])c([2H])c(F)c(C)c3[2H])c2c1[2H])=C(/[2H])C([2H])([2H])N(C)C([2H])([2H])[2H]. The van der Waals surface area contributed by atoms with Crippen molar-refractivity contribution < 1.29 is 34.5 Å². The van der Waals surface area contributed by atoms with Gasteiger partial charge >= 0.3 is 0 Å². The predicted molar refractivity (Wildman–Crippen MR) is 128 cm³/mol. The molecular formula is C26H27FN4O2. The summed E-state index contributed by atoms with van der Waals surface area (Å²) in [5.41, 5.74) is -3.17. The van der Waals surface area contributed by atoms with E-state index in [4.69, 9.17) is 25.3 Å². The molecule has 0 aliphatic rings. The summed E-state index contributed by atoms with van der Waals surface area (Å²) >= 11 is 0. The molecule has 1 heterocycles. The largest absolute Gasteiger partial charge is 0.494 e. The van der Waals surface area contributed by atoms with Crippen molar-refractivity contribution in [3.05, 3.63) is 71.0 Å². The molecule has 33 heavy (non-hydrogen) atoms. The Labute approximate surface area is 214 Å². The van der Waals surface area contributed by atoms with Crippen LogP contribution in [0.15, 0.2) is 48.5 Å². The second kappa shape index (κ2) is 10.7. The van der Waals surface area contributed by atoms with Gasteiger partial charge in [-0.05, 0) is 63.7 Å². The number of anilines is 2. The summed E-state index contributed by atoms with van der Waals surface area (Å²) in [5, 5.41) is 11.9. The summed E-state index contributed by atoms with van der Waals surface area (Å²) in [4.78, 5) is 17.4. The minimum atomic E-state index is -3.16.